The molecule has 2 heterocycles. The third-order valence-corrected chi connectivity index (χ3v) is 9.14. The zero-order valence-corrected chi connectivity index (χ0v) is 24.8. The lowest BCUT2D eigenvalue weighted by Crippen LogP contribution is -2.35. The number of hydrogen-bond acceptors (Lipinski definition) is 8. The fourth-order valence-electron chi connectivity index (χ4n) is 6.34. The molecular formula is C36H14Cl2N4O4. The summed E-state index contributed by atoms with van der Waals surface area (Å²) >= 11 is 13.5. The fraction of sp³-hybridized carbons (Fsp3) is 0. The summed E-state index contributed by atoms with van der Waals surface area (Å²) < 4.78 is 0. The van der Waals surface area contributed by atoms with E-state index in [2.05, 4.69) is 20.0 Å². The SMILES string of the molecule is O=C1c2ccccc2C(=O)c2c1ccc1c2=NC(=c2cc(Cl)c(=C3N=c4ccc5c(c4=N3)C(=O)c3ccccc3C5=O)cc2Cl)N=1. The Morgan fingerprint density at radius 3 is 1.17 bits per heavy atom. The molecule has 4 aliphatic rings. The molecule has 2 aliphatic carbocycles. The van der Waals surface area contributed by atoms with E-state index in [0.717, 1.165) is 0 Å². The van der Waals surface area contributed by atoms with Crippen molar-refractivity contribution in [3.63, 3.8) is 0 Å². The van der Waals surface area contributed by atoms with Crippen LogP contribution in [0.2, 0.25) is 10.0 Å². The van der Waals surface area contributed by atoms with Crippen LogP contribution in [-0.4, -0.2) is 23.1 Å². The Morgan fingerprint density at radius 2 is 0.783 bits per heavy atom. The molecule has 8 nitrogen and oxygen atoms in total. The molecule has 0 bridgehead atoms. The highest BCUT2D eigenvalue weighted by Crippen LogP contribution is 2.26. The molecule has 5 aromatic carbocycles. The summed E-state index contributed by atoms with van der Waals surface area (Å²) in [6.45, 7) is 0. The van der Waals surface area contributed by atoms with Gasteiger partial charge in [0.25, 0.3) is 0 Å². The normalized spacial score (nSPS) is 17.4. The number of rotatable bonds is 0. The van der Waals surface area contributed by atoms with Gasteiger partial charge in [-0.3, -0.25) is 19.2 Å². The molecule has 0 saturated carbocycles. The highest BCUT2D eigenvalue weighted by Gasteiger charge is 2.33. The molecule has 0 amide bonds. The summed E-state index contributed by atoms with van der Waals surface area (Å²) in [5.41, 5.74) is 2.30. The first-order valence-electron chi connectivity index (χ1n) is 14.1. The molecule has 0 unspecified atom stereocenters. The Hall–Kier alpha value is -5.70. The van der Waals surface area contributed by atoms with Gasteiger partial charge in [-0.05, 0) is 36.4 Å². The van der Waals surface area contributed by atoms with E-state index in [4.69, 9.17) is 23.2 Å². The number of fused-ring (bicyclic) bond motifs is 8. The van der Waals surface area contributed by atoms with Crippen molar-refractivity contribution < 1.29 is 19.2 Å². The van der Waals surface area contributed by atoms with Crippen molar-refractivity contribution in [2.24, 2.45) is 20.0 Å². The Bertz CT molecular complexity index is 2610. The minimum atomic E-state index is -0.298. The third kappa shape index (κ3) is 3.56. The molecule has 0 aromatic heterocycles. The van der Waals surface area contributed by atoms with Gasteiger partial charge in [0.1, 0.15) is 10.7 Å². The van der Waals surface area contributed by atoms with Gasteiger partial charge in [-0.25, -0.2) is 20.0 Å². The van der Waals surface area contributed by atoms with Crippen LogP contribution in [-0.2, 0) is 0 Å². The van der Waals surface area contributed by atoms with Gasteiger partial charge in [-0.15, -0.1) is 0 Å². The predicted octanol–water partition coefficient (Wildman–Crippen LogP) is 2.58. The van der Waals surface area contributed by atoms with Gasteiger partial charge in [0.2, 0.25) is 0 Å². The first kappa shape index (κ1) is 26.7. The van der Waals surface area contributed by atoms with Crippen LogP contribution >= 0.6 is 23.2 Å². The largest absolute Gasteiger partial charge is 0.289 e. The number of halogens is 2. The van der Waals surface area contributed by atoms with Crippen molar-refractivity contribution in [2.45, 2.75) is 0 Å². The smallest absolute Gasteiger partial charge is 0.196 e. The summed E-state index contributed by atoms with van der Waals surface area (Å²) in [7, 11) is 0. The molecule has 0 N–H and O–H groups in total. The van der Waals surface area contributed by atoms with Crippen molar-refractivity contribution in [1.82, 2.24) is 0 Å². The summed E-state index contributed by atoms with van der Waals surface area (Å²) in [6.07, 6.45) is 0. The molecule has 2 aliphatic heterocycles. The van der Waals surface area contributed by atoms with Crippen molar-refractivity contribution in [2.75, 3.05) is 0 Å². The molecule has 9 rings (SSSR count). The number of carbonyl (C=O) groups is 4. The van der Waals surface area contributed by atoms with Crippen molar-refractivity contribution in [3.8, 4) is 0 Å². The lowest BCUT2D eigenvalue weighted by atomic mass is 9.84. The summed E-state index contributed by atoms with van der Waals surface area (Å²) in [6, 6.07) is 23.1. The number of ketones is 4. The summed E-state index contributed by atoms with van der Waals surface area (Å²) in [5, 5.41) is 2.76. The number of hydrogen-bond donors (Lipinski definition) is 0. The van der Waals surface area contributed by atoms with Gasteiger partial charge in [-0.2, -0.15) is 0 Å². The molecule has 46 heavy (non-hydrogen) atoms. The van der Waals surface area contributed by atoms with E-state index in [9.17, 15) is 19.2 Å². The van der Waals surface area contributed by atoms with E-state index in [1.54, 1.807) is 84.9 Å². The average molecular weight is 637 g/mol. The van der Waals surface area contributed by atoms with Crippen molar-refractivity contribution >= 4 is 58.0 Å². The Balaban J connectivity index is 1.21. The van der Waals surface area contributed by atoms with Crippen LogP contribution in [0.4, 0.5) is 0 Å². The maximum Gasteiger partial charge on any atom is 0.196 e. The second-order valence-corrected chi connectivity index (χ2v) is 11.8. The van der Waals surface area contributed by atoms with Crippen LogP contribution < -0.4 is 31.9 Å². The molecule has 10 heteroatoms. The van der Waals surface area contributed by atoms with Gasteiger partial charge < -0.3 is 0 Å². The van der Waals surface area contributed by atoms with Crippen LogP contribution in [0.1, 0.15) is 63.7 Å². The first-order chi connectivity index (χ1) is 22.3. The van der Waals surface area contributed by atoms with E-state index in [0.29, 0.717) is 54.1 Å². The highest BCUT2D eigenvalue weighted by atomic mass is 35.5. The molecular weight excluding hydrogens is 623 g/mol. The highest BCUT2D eigenvalue weighted by molar-refractivity contribution is 6.33. The van der Waals surface area contributed by atoms with E-state index in [1.165, 1.54) is 0 Å². The third-order valence-electron chi connectivity index (χ3n) is 8.52. The van der Waals surface area contributed by atoms with Crippen LogP contribution in [0.25, 0.3) is 11.6 Å². The average Bonchev–Trinajstić information content (AvgIpc) is 3.71. The monoisotopic (exact) mass is 636 g/mol. The maximum atomic E-state index is 13.5. The first-order valence-corrected chi connectivity index (χ1v) is 14.9. The number of nitrogens with zero attached hydrogens (tertiary/aromatic N) is 4. The maximum absolute atomic E-state index is 13.5. The molecule has 0 fully saturated rings. The van der Waals surface area contributed by atoms with Crippen LogP contribution in [0.15, 0.2) is 105 Å². The summed E-state index contributed by atoms with van der Waals surface area (Å²) in [5.74, 6) is -0.639. The minimum absolute atomic E-state index is 0.203. The molecule has 216 valence electrons. The van der Waals surface area contributed by atoms with Crippen LogP contribution in [0, 0.1) is 0 Å². The molecule has 5 aromatic rings. The van der Waals surface area contributed by atoms with Crippen LogP contribution in [0.3, 0.4) is 0 Å². The summed E-state index contributed by atoms with van der Waals surface area (Å²) in [4.78, 5) is 71.9. The number of benzene rings is 5. The zero-order valence-electron chi connectivity index (χ0n) is 23.3. The van der Waals surface area contributed by atoms with Crippen LogP contribution in [0.5, 0.6) is 0 Å². The topological polar surface area (TPSA) is 118 Å². The molecule has 0 radical (unpaired) electrons. The lowest BCUT2D eigenvalue weighted by Gasteiger charge is -2.16. The Kier molecular flexibility index (Phi) is 5.45. The fourth-order valence-corrected chi connectivity index (χ4v) is 6.84. The van der Waals surface area contributed by atoms with Gasteiger partial charge >= 0.3 is 0 Å². The van der Waals surface area contributed by atoms with E-state index in [-0.39, 0.29) is 67.1 Å². The molecule has 0 saturated heterocycles. The Labute approximate surface area is 267 Å². The Morgan fingerprint density at radius 1 is 0.413 bits per heavy atom. The van der Waals surface area contributed by atoms with Crippen molar-refractivity contribution in [1.29, 1.82) is 0 Å². The zero-order chi connectivity index (χ0) is 31.4. The second kappa shape index (κ2) is 9.40. The van der Waals surface area contributed by atoms with Gasteiger partial charge in [0, 0.05) is 43.8 Å². The van der Waals surface area contributed by atoms with Gasteiger partial charge in [0.05, 0.1) is 31.9 Å². The quantitative estimate of drug-likeness (QED) is 0.254. The predicted molar refractivity (Wildman–Crippen MR) is 167 cm³/mol. The second-order valence-electron chi connectivity index (χ2n) is 11.0. The van der Waals surface area contributed by atoms with E-state index < -0.39 is 0 Å². The van der Waals surface area contributed by atoms with Gasteiger partial charge in [-0.1, -0.05) is 71.7 Å². The standard InChI is InChI=1S/C36H14Cl2N4O4/c37-23-14-22(36-40-26-12-10-20-28(30(26)42-36)34(46)18-8-4-2-6-16(18)32(20)44)24(38)13-21(23)35-39-25-11-9-19-27(29(25)41-35)33(45)17-7-3-1-5-15(17)31(19)43/h1-14H. The van der Waals surface area contributed by atoms with E-state index >= 15 is 0 Å². The molecule has 0 atom stereocenters. The van der Waals surface area contributed by atoms with E-state index in [1.807, 2.05) is 0 Å². The van der Waals surface area contributed by atoms with Gasteiger partial charge in [0.15, 0.2) is 34.8 Å². The minimum Gasteiger partial charge on any atom is -0.289 e. The molecule has 0 spiro atoms. The van der Waals surface area contributed by atoms with Crippen molar-refractivity contribution in [3.05, 3.63) is 171 Å². The lowest BCUT2D eigenvalue weighted by molar-refractivity contribution is 0.0978. The number of carbonyl (C=O) groups excluding carboxylic acids is 4.